The number of carboxylic acid groups (broad SMARTS) is 1. The zero-order valence-electron chi connectivity index (χ0n) is 17.6. The van der Waals surface area contributed by atoms with Gasteiger partial charge in [0.1, 0.15) is 5.82 Å². The number of fused-ring (bicyclic) bond motifs is 1. The summed E-state index contributed by atoms with van der Waals surface area (Å²) in [6.45, 7) is 0.0362. The Morgan fingerprint density at radius 1 is 0.941 bits per heavy atom. The van der Waals surface area contributed by atoms with Crippen molar-refractivity contribution in [2.45, 2.75) is 13.1 Å². The molecular weight excluding hydrogens is 463 g/mol. The maximum Gasteiger partial charge on any atom is 0.419 e. The van der Waals surface area contributed by atoms with Crippen molar-refractivity contribution in [3.8, 4) is 11.3 Å². The second-order valence-corrected chi connectivity index (χ2v) is 8.91. The Kier molecular flexibility index (Phi) is 6.39. The van der Waals surface area contributed by atoms with Gasteiger partial charge in [-0.05, 0) is 29.3 Å². The highest BCUT2D eigenvalue weighted by atomic mass is 32.2. The van der Waals surface area contributed by atoms with Crippen LogP contribution in [0.25, 0.3) is 22.0 Å². The predicted molar refractivity (Wildman–Crippen MR) is 124 cm³/mol. The fraction of sp³-hybridized carbons (Fsp3) is 0.0870. The molecule has 0 saturated carbocycles. The molecule has 4 aromatic rings. The Hall–Kier alpha value is -4.09. The highest BCUT2D eigenvalue weighted by Gasteiger charge is 2.14. The second kappa shape index (κ2) is 9.41. The van der Waals surface area contributed by atoms with E-state index >= 15 is 0 Å². The van der Waals surface area contributed by atoms with Gasteiger partial charge in [-0.3, -0.25) is 4.79 Å². The van der Waals surface area contributed by atoms with E-state index in [1.807, 2.05) is 0 Å². The van der Waals surface area contributed by atoms with E-state index in [1.165, 1.54) is 21.5 Å². The Labute approximate surface area is 193 Å². The summed E-state index contributed by atoms with van der Waals surface area (Å²) >= 11 is 0. The largest absolute Gasteiger partial charge is 0.464 e. The molecule has 0 spiro atoms. The van der Waals surface area contributed by atoms with E-state index in [-0.39, 0.29) is 24.5 Å². The number of hydrogen-bond donors (Lipinski definition) is 3. The molecular formula is C23H19FN4O5S. The van der Waals surface area contributed by atoms with E-state index in [0.717, 1.165) is 5.56 Å². The average Bonchev–Trinajstić information content (AvgIpc) is 2.81. The van der Waals surface area contributed by atoms with Crippen molar-refractivity contribution >= 4 is 27.1 Å². The van der Waals surface area contributed by atoms with Crippen LogP contribution in [0.5, 0.6) is 0 Å². The number of hydrogen-bond acceptors (Lipinski definition) is 5. The Balaban J connectivity index is 1.67. The molecule has 0 saturated heterocycles. The molecule has 0 aliphatic heterocycles. The van der Waals surface area contributed by atoms with Gasteiger partial charge in [0.2, 0.25) is 0 Å². The van der Waals surface area contributed by atoms with Gasteiger partial charge in [-0.15, -0.1) is 0 Å². The van der Waals surface area contributed by atoms with Crippen LogP contribution in [0.15, 0.2) is 77.6 Å². The number of amides is 1. The normalized spacial score (nSPS) is 11.4. The highest BCUT2D eigenvalue weighted by Crippen LogP contribution is 2.25. The fourth-order valence-corrected chi connectivity index (χ4v) is 4.09. The van der Waals surface area contributed by atoms with Gasteiger partial charge in [0.25, 0.3) is 5.56 Å². The van der Waals surface area contributed by atoms with Gasteiger partial charge >= 0.3 is 16.3 Å². The van der Waals surface area contributed by atoms with Crippen molar-refractivity contribution in [1.29, 1.82) is 0 Å². The minimum atomic E-state index is -4.19. The number of nitrogens with one attached hydrogen (secondary N) is 2. The molecule has 0 bridgehead atoms. The molecule has 3 N–H and O–H groups in total. The standard InChI is InChI=1S/C23H19FN4O5S/c24-18-11-7-16(8-12-18)14-28-22(29)20-4-2-1-3-19(20)21(26-28)17-9-5-15(6-10-17)13-25-34(32,33)27-23(30)31/h1-12,25,27H,13-14H2,(H,30,31). The van der Waals surface area contributed by atoms with Crippen LogP contribution in [-0.2, 0) is 23.3 Å². The van der Waals surface area contributed by atoms with Crippen molar-refractivity contribution in [2.75, 3.05) is 0 Å². The third-order valence-corrected chi connectivity index (χ3v) is 6.00. The number of aromatic nitrogens is 2. The van der Waals surface area contributed by atoms with Crippen LogP contribution < -0.4 is 15.0 Å². The Morgan fingerprint density at radius 2 is 1.56 bits per heavy atom. The zero-order chi connectivity index (χ0) is 24.3. The lowest BCUT2D eigenvalue weighted by Crippen LogP contribution is -2.39. The molecule has 34 heavy (non-hydrogen) atoms. The molecule has 9 nitrogen and oxygen atoms in total. The number of halogens is 1. The van der Waals surface area contributed by atoms with Gasteiger partial charge in [0, 0.05) is 17.5 Å². The molecule has 0 atom stereocenters. The van der Waals surface area contributed by atoms with Gasteiger partial charge in [-0.2, -0.15) is 18.2 Å². The summed E-state index contributed by atoms with van der Waals surface area (Å²) < 4.78 is 41.4. The first-order valence-electron chi connectivity index (χ1n) is 10.1. The van der Waals surface area contributed by atoms with Crippen LogP contribution in [0.4, 0.5) is 9.18 Å². The van der Waals surface area contributed by atoms with Gasteiger partial charge < -0.3 is 5.11 Å². The van der Waals surface area contributed by atoms with Crippen LogP contribution in [0.3, 0.4) is 0 Å². The summed E-state index contributed by atoms with van der Waals surface area (Å²) in [5.74, 6) is -0.371. The first kappa shape index (κ1) is 23.1. The molecule has 0 unspecified atom stereocenters. The predicted octanol–water partition coefficient (Wildman–Crippen LogP) is 2.85. The van der Waals surface area contributed by atoms with Crippen LogP contribution >= 0.6 is 0 Å². The molecule has 0 radical (unpaired) electrons. The number of carbonyl (C=O) groups is 1. The maximum absolute atomic E-state index is 13.3. The SMILES string of the molecule is O=C(O)NS(=O)(=O)NCc1ccc(-c2nn(Cc3ccc(F)cc3)c(=O)c3ccccc23)cc1. The topological polar surface area (TPSA) is 130 Å². The summed E-state index contributed by atoms with van der Waals surface area (Å²) in [4.78, 5) is 23.5. The van der Waals surface area contributed by atoms with Crippen molar-refractivity contribution in [3.05, 3.63) is 100 Å². The van der Waals surface area contributed by atoms with E-state index in [4.69, 9.17) is 5.11 Å². The van der Waals surface area contributed by atoms with Crippen molar-refractivity contribution in [1.82, 2.24) is 19.2 Å². The summed E-state index contributed by atoms with van der Waals surface area (Å²) in [6, 6.07) is 19.7. The Bertz CT molecular complexity index is 1520. The molecule has 174 valence electrons. The molecule has 1 heterocycles. The summed E-state index contributed by atoms with van der Waals surface area (Å²) in [6.07, 6.45) is -1.68. The molecule has 1 amide bonds. The summed E-state index contributed by atoms with van der Waals surface area (Å²) in [5, 5.41) is 14.3. The second-order valence-electron chi connectivity index (χ2n) is 7.41. The molecule has 0 aliphatic rings. The average molecular weight is 482 g/mol. The third kappa shape index (κ3) is 5.27. The lowest BCUT2D eigenvalue weighted by molar-refractivity contribution is 0.201. The van der Waals surface area contributed by atoms with Crippen LogP contribution in [0.1, 0.15) is 11.1 Å². The van der Waals surface area contributed by atoms with Gasteiger partial charge in [0.05, 0.1) is 17.6 Å². The van der Waals surface area contributed by atoms with Crippen LogP contribution in [0, 0.1) is 5.82 Å². The smallest absolute Gasteiger partial charge is 0.419 e. The first-order chi connectivity index (χ1) is 16.2. The molecule has 4 rings (SSSR count). The highest BCUT2D eigenvalue weighted by molar-refractivity contribution is 7.88. The Morgan fingerprint density at radius 3 is 2.21 bits per heavy atom. The fourth-order valence-electron chi connectivity index (χ4n) is 3.43. The lowest BCUT2D eigenvalue weighted by Gasteiger charge is -2.12. The molecule has 11 heteroatoms. The van der Waals surface area contributed by atoms with E-state index < -0.39 is 16.3 Å². The van der Waals surface area contributed by atoms with E-state index in [2.05, 4.69) is 9.82 Å². The van der Waals surface area contributed by atoms with Gasteiger partial charge in [-0.25, -0.2) is 18.6 Å². The first-order valence-corrected chi connectivity index (χ1v) is 11.5. The minimum absolute atomic E-state index is 0.124. The monoisotopic (exact) mass is 482 g/mol. The number of rotatable bonds is 7. The van der Waals surface area contributed by atoms with E-state index in [9.17, 15) is 22.4 Å². The minimum Gasteiger partial charge on any atom is -0.464 e. The van der Waals surface area contributed by atoms with Crippen molar-refractivity contribution in [3.63, 3.8) is 0 Å². The quantitative estimate of drug-likeness (QED) is 0.371. The van der Waals surface area contributed by atoms with E-state index in [1.54, 1.807) is 60.7 Å². The van der Waals surface area contributed by atoms with Crippen molar-refractivity contribution in [2.24, 2.45) is 0 Å². The summed E-state index contributed by atoms with van der Waals surface area (Å²) in [5.41, 5.74) is 2.27. The number of benzene rings is 3. The van der Waals surface area contributed by atoms with Crippen molar-refractivity contribution < 1.29 is 22.7 Å². The van der Waals surface area contributed by atoms with Gasteiger partial charge in [-0.1, -0.05) is 54.6 Å². The number of nitrogens with zero attached hydrogens (tertiary/aromatic N) is 2. The maximum atomic E-state index is 13.3. The van der Waals surface area contributed by atoms with Crippen LogP contribution in [-0.4, -0.2) is 29.4 Å². The molecule has 3 aromatic carbocycles. The molecule has 0 fully saturated rings. The molecule has 1 aromatic heterocycles. The van der Waals surface area contributed by atoms with Crippen LogP contribution in [0.2, 0.25) is 0 Å². The zero-order valence-corrected chi connectivity index (χ0v) is 18.4. The van der Waals surface area contributed by atoms with E-state index in [0.29, 0.717) is 27.6 Å². The third-order valence-electron chi connectivity index (χ3n) is 5.03. The van der Waals surface area contributed by atoms with Gasteiger partial charge in [0.15, 0.2) is 0 Å². The lowest BCUT2D eigenvalue weighted by atomic mass is 10.0. The molecule has 0 aliphatic carbocycles. The summed E-state index contributed by atoms with van der Waals surface area (Å²) in [7, 11) is -4.19.